The summed E-state index contributed by atoms with van der Waals surface area (Å²) in [6, 6.07) is 7.06. The number of amides is 2. The molecule has 0 saturated heterocycles. The van der Waals surface area contributed by atoms with Crippen LogP contribution >= 0.6 is 12.4 Å². The minimum absolute atomic E-state index is 0. The summed E-state index contributed by atoms with van der Waals surface area (Å²) in [5.74, 6) is 0.288. The zero-order valence-corrected chi connectivity index (χ0v) is 14.6. The summed E-state index contributed by atoms with van der Waals surface area (Å²) in [7, 11) is 1.62. The number of hydrogen-bond acceptors (Lipinski definition) is 4. The minimum atomic E-state index is -0.596. The maximum atomic E-state index is 11.7. The van der Waals surface area contributed by atoms with E-state index in [2.05, 4.69) is 10.6 Å². The predicted molar refractivity (Wildman–Crippen MR) is 92.8 cm³/mol. The Balaban J connectivity index is 0.00000484. The second kappa shape index (κ2) is 10.9. The third-order valence-electron chi connectivity index (χ3n) is 3.35. The van der Waals surface area contributed by atoms with Crippen molar-refractivity contribution in [3.8, 4) is 5.75 Å². The van der Waals surface area contributed by atoms with Crippen LogP contribution in [-0.4, -0.2) is 38.1 Å². The topological polar surface area (TPSA) is 93.5 Å². The van der Waals surface area contributed by atoms with Crippen molar-refractivity contribution in [2.75, 3.05) is 20.2 Å². The number of ether oxygens (including phenoxy) is 1. The number of methoxy groups -OCH3 is 1. The van der Waals surface area contributed by atoms with Crippen LogP contribution in [0, 0.1) is 5.92 Å². The van der Waals surface area contributed by atoms with Gasteiger partial charge in [0.15, 0.2) is 0 Å². The summed E-state index contributed by atoms with van der Waals surface area (Å²) >= 11 is 0. The van der Waals surface area contributed by atoms with Crippen molar-refractivity contribution in [2.24, 2.45) is 11.7 Å². The number of halogens is 1. The fraction of sp³-hybridized carbons (Fsp3) is 0.500. The molecule has 6 nitrogen and oxygen atoms in total. The Morgan fingerprint density at radius 3 is 2.48 bits per heavy atom. The molecule has 0 aromatic heterocycles. The summed E-state index contributed by atoms with van der Waals surface area (Å²) in [6.45, 7) is 4.13. The van der Waals surface area contributed by atoms with E-state index < -0.39 is 6.04 Å². The van der Waals surface area contributed by atoms with E-state index >= 15 is 0 Å². The normalized spacial score (nSPS) is 11.3. The molecule has 2 amide bonds. The third-order valence-corrected chi connectivity index (χ3v) is 3.35. The zero-order valence-electron chi connectivity index (χ0n) is 13.8. The molecule has 0 aliphatic heterocycles. The average molecular weight is 344 g/mol. The SMILES string of the molecule is COc1ccccc1CCNC(=O)CNC(=O)[C@@H](N)C(C)C.Cl. The second-order valence-corrected chi connectivity index (χ2v) is 5.40. The number of nitrogens with two attached hydrogens (primary N) is 1. The van der Waals surface area contributed by atoms with Gasteiger partial charge >= 0.3 is 0 Å². The first kappa shape index (κ1) is 21.2. The van der Waals surface area contributed by atoms with Gasteiger partial charge < -0.3 is 21.1 Å². The summed E-state index contributed by atoms with van der Waals surface area (Å²) in [4.78, 5) is 23.3. The van der Waals surface area contributed by atoms with Gasteiger partial charge in [0.25, 0.3) is 0 Å². The summed E-state index contributed by atoms with van der Waals surface area (Å²) in [5.41, 5.74) is 6.72. The van der Waals surface area contributed by atoms with Crippen molar-refractivity contribution < 1.29 is 14.3 Å². The lowest BCUT2D eigenvalue weighted by Crippen LogP contribution is -2.47. The molecular weight excluding hydrogens is 318 g/mol. The molecule has 0 fully saturated rings. The lowest BCUT2D eigenvalue weighted by atomic mass is 10.1. The lowest BCUT2D eigenvalue weighted by Gasteiger charge is -2.15. The number of carbonyl (C=O) groups is 2. The number of rotatable bonds is 8. The van der Waals surface area contributed by atoms with Crippen molar-refractivity contribution in [3.05, 3.63) is 29.8 Å². The van der Waals surface area contributed by atoms with Crippen LogP contribution in [-0.2, 0) is 16.0 Å². The first-order chi connectivity index (χ1) is 10.5. The highest BCUT2D eigenvalue weighted by Gasteiger charge is 2.17. The van der Waals surface area contributed by atoms with Crippen LogP contribution in [0.3, 0.4) is 0 Å². The molecule has 7 heteroatoms. The number of benzene rings is 1. The molecule has 0 aliphatic carbocycles. The number of hydrogen-bond donors (Lipinski definition) is 3. The van der Waals surface area contributed by atoms with E-state index in [9.17, 15) is 9.59 Å². The summed E-state index contributed by atoms with van der Waals surface area (Å²) in [6.07, 6.45) is 0.662. The molecule has 1 atom stereocenters. The molecular formula is C16H26ClN3O3. The maximum Gasteiger partial charge on any atom is 0.239 e. The van der Waals surface area contributed by atoms with E-state index in [0.717, 1.165) is 11.3 Å². The second-order valence-electron chi connectivity index (χ2n) is 5.40. The Hall–Kier alpha value is -1.79. The van der Waals surface area contributed by atoms with Crippen molar-refractivity contribution in [1.29, 1.82) is 0 Å². The van der Waals surface area contributed by atoms with Crippen LogP contribution < -0.4 is 21.1 Å². The molecule has 0 bridgehead atoms. The summed E-state index contributed by atoms with van der Waals surface area (Å²) < 4.78 is 5.25. The van der Waals surface area contributed by atoms with Crippen LogP contribution in [0.1, 0.15) is 19.4 Å². The first-order valence-corrected chi connectivity index (χ1v) is 7.37. The molecule has 1 aromatic carbocycles. The van der Waals surface area contributed by atoms with E-state index in [-0.39, 0.29) is 36.7 Å². The van der Waals surface area contributed by atoms with E-state index in [1.165, 1.54) is 0 Å². The monoisotopic (exact) mass is 343 g/mol. The number of para-hydroxylation sites is 1. The molecule has 0 unspecified atom stereocenters. The van der Waals surface area contributed by atoms with Crippen LogP contribution in [0.5, 0.6) is 5.75 Å². The van der Waals surface area contributed by atoms with E-state index in [0.29, 0.717) is 13.0 Å². The van der Waals surface area contributed by atoms with Gasteiger partial charge in [-0.25, -0.2) is 0 Å². The largest absolute Gasteiger partial charge is 0.496 e. The third kappa shape index (κ3) is 7.34. The van der Waals surface area contributed by atoms with Gasteiger partial charge in [0, 0.05) is 6.54 Å². The molecule has 23 heavy (non-hydrogen) atoms. The quantitative estimate of drug-likeness (QED) is 0.653. The Morgan fingerprint density at radius 1 is 1.22 bits per heavy atom. The van der Waals surface area contributed by atoms with E-state index in [4.69, 9.17) is 10.5 Å². The molecule has 0 radical (unpaired) electrons. The fourth-order valence-electron chi connectivity index (χ4n) is 1.90. The highest BCUT2D eigenvalue weighted by Crippen LogP contribution is 2.17. The molecule has 130 valence electrons. The molecule has 4 N–H and O–H groups in total. The van der Waals surface area contributed by atoms with Gasteiger partial charge in [0.05, 0.1) is 19.7 Å². The number of carbonyl (C=O) groups excluding carboxylic acids is 2. The highest BCUT2D eigenvalue weighted by molar-refractivity contribution is 5.87. The van der Waals surface area contributed by atoms with Gasteiger partial charge in [0.2, 0.25) is 11.8 Å². The van der Waals surface area contributed by atoms with Crippen LogP contribution in [0.15, 0.2) is 24.3 Å². The van der Waals surface area contributed by atoms with Gasteiger partial charge in [-0.2, -0.15) is 0 Å². The van der Waals surface area contributed by atoms with Crippen molar-refractivity contribution in [3.63, 3.8) is 0 Å². The Bertz CT molecular complexity index is 509. The number of nitrogens with one attached hydrogen (secondary N) is 2. The molecule has 1 aromatic rings. The lowest BCUT2D eigenvalue weighted by molar-refractivity contribution is -0.127. The minimum Gasteiger partial charge on any atom is -0.496 e. The standard InChI is InChI=1S/C16H25N3O3.ClH/c1-11(2)15(17)16(21)19-10-14(20)18-9-8-12-6-4-5-7-13(12)22-3;/h4-7,11,15H,8-10,17H2,1-3H3,(H,18,20)(H,19,21);1H/t15-;/m0./s1. The smallest absolute Gasteiger partial charge is 0.239 e. The van der Waals surface area contributed by atoms with Gasteiger partial charge in [-0.05, 0) is 24.0 Å². The predicted octanol–water partition coefficient (Wildman–Crippen LogP) is 0.875. The fourth-order valence-corrected chi connectivity index (χ4v) is 1.90. The van der Waals surface area contributed by atoms with Gasteiger partial charge in [0.1, 0.15) is 5.75 Å². The van der Waals surface area contributed by atoms with Crippen LogP contribution in [0.4, 0.5) is 0 Å². The molecule has 0 aliphatic rings. The van der Waals surface area contributed by atoms with Gasteiger partial charge in [-0.15, -0.1) is 12.4 Å². The van der Waals surface area contributed by atoms with E-state index in [1.54, 1.807) is 7.11 Å². The molecule has 1 rings (SSSR count). The first-order valence-electron chi connectivity index (χ1n) is 7.37. The van der Waals surface area contributed by atoms with Crippen LogP contribution in [0.2, 0.25) is 0 Å². The zero-order chi connectivity index (χ0) is 16.5. The Labute approximate surface area is 143 Å². The molecule has 0 saturated carbocycles. The molecule has 0 heterocycles. The maximum absolute atomic E-state index is 11.7. The van der Waals surface area contributed by atoms with Crippen LogP contribution in [0.25, 0.3) is 0 Å². The van der Waals surface area contributed by atoms with Gasteiger partial charge in [-0.1, -0.05) is 32.0 Å². The van der Waals surface area contributed by atoms with Gasteiger partial charge in [-0.3, -0.25) is 9.59 Å². The van der Waals surface area contributed by atoms with Crippen molar-refractivity contribution in [2.45, 2.75) is 26.3 Å². The Morgan fingerprint density at radius 2 is 1.87 bits per heavy atom. The molecule has 0 spiro atoms. The van der Waals surface area contributed by atoms with E-state index in [1.807, 2.05) is 38.1 Å². The highest BCUT2D eigenvalue weighted by atomic mass is 35.5. The van der Waals surface area contributed by atoms with Crippen molar-refractivity contribution >= 4 is 24.2 Å². The average Bonchev–Trinajstić information content (AvgIpc) is 2.52. The summed E-state index contributed by atoms with van der Waals surface area (Å²) in [5, 5.41) is 5.29. The Kier molecular flexibility index (Phi) is 10.0. The van der Waals surface area contributed by atoms with Crippen molar-refractivity contribution in [1.82, 2.24) is 10.6 Å².